The maximum absolute atomic E-state index is 12.3. The molecule has 1 aromatic rings. The molecule has 7 heteroatoms. The maximum atomic E-state index is 12.3. The molecule has 0 fully saturated rings. The zero-order valence-corrected chi connectivity index (χ0v) is 8.93. The molecule has 0 amide bonds. The quantitative estimate of drug-likeness (QED) is 0.626. The van der Waals surface area contributed by atoms with Gasteiger partial charge in [0, 0.05) is 5.56 Å². The number of halogens is 4. The van der Waals surface area contributed by atoms with Gasteiger partial charge in [0.25, 0.3) is 0 Å². The fourth-order valence-corrected chi connectivity index (χ4v) is 1.14. The molecule has 1 N–H and O–H groups in total. The first-order chi connectivity index (χ1) is 7.79. The lowest BCUT2D eigenvalue weighted by Gasteiger charge is -2.05. The van der Waals surface area contributed by atoms with E-state index in [1.165, 1.54) is 0 Å². The second-order valence-electron chi connectivity index (χ2n) is 2.93. The van der Waals surface area contributed by atoms with Crippen LogP contribution in [0.5, 0.6) is 0 Å². The van der Waals surface area contributed by atoms with E-state index in [9.17, 15) is 18.0 Å². The van der Waals surface area contributed by atoms with Gasteiger partial charge in [-0.2, -0.15) is 13.2 Å². The second kappa shape index (κ2) is 5.06. The minimum Gasteiger partial charge on any atom is -0.481 e. The molecule has 0 aromatic carbocycles. The van der Waals surface area contributed by atoms with Crippen molar-refractivity contribution in [3.8, 4) is 11.8 Å². The molecule has 0 atom stereocenters. The number of nitrogens with zero attached hydrogens (tertiary/aromatic N) is 1. The largest absolute Gasteiger partial charge is 0.481 e. The van der Waals surface area contributed by atoms with Gasteiger partial charge in [-0.15, -0.1) is 0 Å². The van der Waals surface area contributed by atoms with Crippen LogP contribution in [0.2, 0.25) is 5.15 Å². The Hall–Kier alpha value is -1.74. The number of rotatable bonds is 1. The first-order valence-corrected chi connectivity index (χ1v) is 4.62. The molecule has 0 aliphatic carbocycles. The zero-order chi connectivity index (χ0) is 13.1. The lowest BCUT2D eigenvalue weighted by Crippen LogP contribution is -2.08. The Kier molecular flexibility index (Phi) is 3.97. The molecule has 1 aromatic heterocycles. The van der Waals surface area contributed by atoms with Crippen molar-refractivity contribution in [1.29, 1.82) is 0 Å². The maximum Gasteiger partial charge on any atom is 0.433 e. The SMILES string of the molecule is O=C(O)CC#Cc1cc(Cl)nc(C(F)(F)F)c1. The summed E-state index contributed by atoms with van der Waals surface area (Å²) in [6.07, 6.45) is -5.07. The van der Waals surface area contributed by atoms with Crippen molar-refractivity contribution >= 4 is 17.6 Å². The predicted octanol–water partition coefficient (Wildman–Crippen LogP) is 2.58. The highest BCUT2D eigenvalue weighted by Gasteiger charge is 2.33. The van der Waals surface area contributed by atoms with E-state index in [1.807, 2.05) is 0 Å². The Bertz CT molecular complexity index is 502. The van der Waals surface area contributed by atoms with E-state index >= 15 is 0 Å². The number of hydrogen-bond donors (Lipinski definition) is 1. The summed E-state index contributed by atoms with van der Waals surface area (Å²) in [5.74, 6) is 3.32. The van der Waals surface area contributed by atoms with Gasteiger partial charge < -0.3 is 5.11 Å². The van der Waals surface area contributed by atoms with Gasteiger partial charge in [0.1, 0.15) is 17.3 Å². The number of carbonyl (C=O) groups is 1. The van der Waals surface area contributed by atoms with Crippen molar-refractivity contribution in [2.45, 2.75) is 12.6 Å². The fourth-order valence-electron chi connectivity index (χ4n) is 0.936. The minimum absolute atomic E-state index is 0.0291. The minimum atomic E-state index is -4.62. The Morgan fingerprint density at radius 3 is 2.65 bits per heavy atom. The molecule has 0 spiro atoms. The Labute approximate surface area is 99.2 Å². The third-order valence-electron chi connectivity index (χ3n) is 1.56. The van der Waals surface area contributed by atoms with Gasteiger partial charge in [-0.3, -0.25) is 4.79 Å². The van der Waals surface area contributed by atoms with E-state index in [4.69, 9.17) is 16.7 Å². The number of aromatic nitrogens is 1. The Morgan fingerprint density at radius 1 is 1.47 bits per heavy atom. The van der Waals surface area contributed by atoms with Gasteiger partial charge in [-0.1, -0.05) is 23.4 Å². The van der Waals surface area contributed by atoms with E-state index in [1.54, 1.807) is 0 Å². The normalized spacial score (nSPS) is 10.6. The van der Waals surface area contributed by atoms with Crippen molar-refractivity contribution in [3.05, 3.63) is 28.5 Å². The van der Waals surface area contributed by atoms with E-state index < -0.39 is 24.3 Å². The molecule has 0 bridgehead atoms. The van der Waals surface area contributed by atoms with E-state index in [0.717, 1.165) is 6.07 Å². The fraction of sp³-hybridized carbons (Fsp3) is 0.200. The summed E-state index contributed by atoms with van der Waals surface area (Å²) in [5.41, 5.74) is -1.19. The van der Waals surface area contributed by atoms with Crippen LogP contribution in [-0.4, -0.2) is 16.1 Å². The summed E-state index contributed by atoms with van der Waals surface area (Å²) >= 11 is 5.40. The van der Waals surface area contributed by atoms with Crippen LogP contribution in [0.3, 0.4) is 0 Å². The molecule has 17 heavy (non-hydrogen) atoms. The van der Waals surface area contributed by atoms with Crippen LogP contribution in [-0.2, 0) is 11.0 Å². The number of alkyl halides is 3. The number of pyridine rings is 1. The average Bonchev–Trinajstić information content (AvgIpc) is 2.14. The highest BCUT2D eigenvalue weighted by Crippen LogP contribution is 2.29. The van der Waals surface area contributed by atoms with E-state index in [0.29, 0.717) is 6.07 Å². The highest BCUT2D eigenvalue weighted by atomic mass is 35.5. The van der Waals surface area contributed by atoms with Gasteiger partial charge in [-0.05, 0) is 12.1 Å². The number of aliphatic carboxylic acids is 1. The summed E-state index contributed by atoms with van der Waals surface area (Å²) < 4.78 is 37.0. The van der Waals surface area contributed by atoms with Crippen LogP contribution in [0.4, 0.5) is 13.2 Å². The first-order valence-electron chi connectivity index (χ1n) is 4.24. The summed E-state index contributed by atoms with van der Waals surface area (Å²) in [6, 6.07) is 1.84. The van der Waals surface area contributed by atoms with Crippen LogP contribution in [0.25, 0.3) is 0 Å². The van der Waals surface area contributed by atoms with Crippen molar-refractivity contribution in [2.24, 2.45) is 0 Å². The molecule has 0 saturated heterocycles. The van der Waals surface area contributed by atoms with Gasteiger partial charge in [0.2, 0.25) is 0 Å². The molecule has 3 nitrogen and oxygen atoms in total. The predicted molar refractivity (Wildman–Crippen MR) is 53.4 cm³/mol. The van der Waals surface area contributed by atoms with Crippen molar-refractivity contribution in [3.63, 3.8) is 0 Å². The first kappa shape index (κ1) is 13.3. The van der Waals surface area contributed by atoms with Crippen LogP contribution in [0.15, 0.2) is 12.1 Å². The van der Waals surface area contributed by atoms with Crippen LogP contribution >= 0.6 is 11.6 Å². The number of hydrogen-bond acceptors (Lipinski definition) is 2. The summed E-state index contributed by atoms with van der Waals surface area (Å²) in [7, 11) is 0. The van der Waals surface area contributed by atoms with Gasteiger partial charge in [-0.25, -0.2) is 4.98 Å². The van der Waals surface area contributed by atoms with Crippen molar-refractivity contribution in [2.75, 3.05) is 0 Å². The highest BCUT2D eigenvalue weighted by molar-refractivity contribution is 6.29. The summed E-state index contributed by atoms with van der Waals surface area (Å²) in [6.45, 7) is 0. The molecule has 0 aliphatic heterocycles. The second-order valence-corrected chi connectivity index (χ2v) is 3.32. The molecule has 0 unspecified atom stereocenters. The lowest BCUT2D eigenvalue weighted by atomic mass is 10.2. The van der Waals surface area contributed by atoms with Crippen molar-refractivity contribution in [1.82, 2.24) is 4.98 Å². The molecular formula is C10H5ClF3NO2. The van der Waals surface area contributed by atoms with Gasteiger partial charge in [0.15, 0.2) is 0 Å². The molecule has 90 valence electrons. The molecule has 0 radical (unpaired) electrons. The third kappa shape index (κ3) is 4.33. The average molecular weight is 264 g/mol. The van der Waals surface area contributed by atoms with E-state index in [-0.39, 0.29) is 10.7 Å². The third-order valence-corrected chi connectivity index (χ3v) is 1.75. The summed E-state index contributed by atoms with van der Waals surface area (Å²) in [5, 5.41) is 7.96. The monoisotopic (exact) mass is 263 g/mol. The molecule has 0 saturated carbocycles. The molecular weight excluding hydrogens is 259 g/mol. The van der Waals surface area contributed by atoms with E-state index in [2.05, 4.69) is 16.8 Å². The standard InChI is InChI=1S/C10H5ClF3NO2/c11-8-5-6(2-1-3-9(16)17)4-7(15-8)10(12,13)14/h4-5H,3H2,(H,16,17). The zero-order valence-electron chi connectivity index (χ0n) is 8.18. The van der Waals surface area contributed by atoms with Crippen LogP contribution in [0.1, 0.15) is 17.7 Å². The molecule has 1 rings (SSSR count). The Balaban J connectivity index is 3.05. The molecule has 0 aliphatic rings. The smallest absolute Gasteiger partial charge is 0.433 e. The van der Waals surface area contributed by atoms with Crippen LogP contribution in [0, 0.1) is 11.8 Å². The Morgan fingerprint density at radius 2 is 2.12 bits per heavy atom. The van der Waals surface area contributed by atoms with Crippen LogP contribution < -0.4 is 0 Å². The van der Waals surface area contributed by atoms with Crippen molar-refractivity contribution < 1.29 is 23.1 Å². The lowest BCUT2D eigenvalue weighted by molar-refractivity contribution is -0.141. The summed E-state index contributed by atoms with van der Waals surface area (Å²) in [4.78, 5) is 13.3. The topological polar surface area (TPSA) is 50.2 Å². The number of carboxylic acid groups (broad SMARTS) is 1. The van der Waals surface area contributed by atoms with Gasteiger partial charge in [0.05, 0.1) is 0 Å². The molecule has 1 heterocycles. The number of carboxylic acids is 1. The van der Waals surface area contributed by atoms with Gasteiger partial charge >= 0.3 is 12.1 Å².